The first kappa shape index (κ1) is 21.4. The quantitative estimate of drug-likeness (QED) is 0.780. The minimum absolute atomic E-state index is 0.165. The molecule has 0 spiro atoms. The lowest BCUT2D eigenvalue weighted by atomic mass is 9.96. The Hall–Kier alpha value is -1.34. The highest BCUT2D eigenvalue weighted by Crippen LogP contribution is 2.29. The van der Waals surface area contributed by atoms with E-state index < -0.39 is 5.60 Å². The summed E-state index contributed by atoms with van der Waals surface area (Å²) in [5, 5.41) is 11.5. The van der Waals surface area contributed by atoms with Crippen molar-refractivity contribution in [3.63, 3.8) is 0 Å². The van der Waals surface area contributed by atoms with Crippen LogP contribution in [0.4, 0.5) is 0 Å². The minimum Gasteiger partial charge on any atom is -0.489 e. The number of hydrogen-bond acceptors (Lipinski definition) is 5. The first-order chi connectivity index (χ1) is 13.5. The van der Waals surface area contributed by atoms with Crippen LogP contribution in [0.3, 0.4) is 0 Å². The average molecular weight is 411 g/mol. The molecule has 1 N–H and O–H groups in total. The third-order valence-corrected chi connectivity index (χ3v) is 5.91. The molecule has 156 valence electrons. The van der Waals surface area contributed by atoms with E-state index in [1.165, 1.54) is 0 Å². The zero-order chi connectivity index (χ0) is 20.0. The van der Waals surface area contributed by atoms with Crippen molar-refractivity contribution in [1.82, 2.24) is 9.80 Å². The normalized spacial score (nSPS) is 24.0. The number of carbonyl (C=O) groups excluding carboxylic acids is 1. The summed E-state index contributed by atoms with van der Waals surface area (Å²) in [6.07, 6.45) is 2.42. The SMILES string of the molecule is Cc1ccc(Cl)c(OCC2(O)CCCN(C(=O)CCN3CCOCC3)CC2)c1. The van der Waals surface area contributed by atoms with Gasteiger partial charge in [0.2, 0.25) is 5.91 Å². The lowest BCUT2D eigenvalue weighted by Gasteiger charge is -2.28. The second-order valence-corrected chi connectivity index (χ2v) is 8.29. The summed E-state index contributed by atoms with van der Waals surface area (Å²) in [4.78, 5) is 16.8. The van der Waals surface area contributed by atoms with Gasteiger partial charge in [-0.05, 0) is 43.9 Å². The standard InChI is InChI=1S/C21H31ClN2O4/c1-17-3-4-18(22)19(15-17)28-16-21(26)6-2-8-24(10-7-21)20(25)5-9-23-11-13-27-14-12-23/h3-4,15,26H,2,5-14,16H2,1H3. The van der Waals surface area contributed by atoms with E-state index >= 15 is 0 Å². The largest absolute Gasteiger partial charge is 0.489 e. The molecule has 1 unspecified atom stereocenters. The van der Waals surface area contributed by atoms with Gasteiger partial charge >= 0.3 is 0 Å². The number of rotatable bonds is 6. The summed E-state index contributed by atoms with van der Waals surface area (Å²) in [5.74, 6) is 0.760. The van der Waals surface area contributed by atoms with E-state index in [9.17, 15) is 9.90 Å². The molecule has 1 aromatic carbocycles. The maximum Gasteiger partial charge on any atom is 0.223 e. The highest BCUT2D eigenvalue weighted by atomic mass is 35.5. The number of benzene rings is 1. The van der Waals surface area contributed by atoms with Crippen LogP contribution in [-0.4, -0.2) is 79.0 Å². The molecule has 2 aliphatic rings. The summed E-state index contributed by atoms with van der Waals surface area (Å²) in [6, 6.07) is 5.61. The Kier molecular flexibility index (Phi) is 7.57. The maximum absolute atomic E-state index is 12.6. The van der Waals surface area contributed by atoms with Crippen LogP contribution in [0.15, 0.2) is 18.2 Å². The molecule has 0 saturated carbocycles. The van der Waals surface area contributed by atoms with Gasteiger partial charge in [-0.2, -0.15) is 0 Å². The molecular formula is C21H31ClN2O4. The predicted octanol–water partition coefficient (Wildman–Crippen LogP) is 2.49. The van der Waals surface area contributed by atoms with Gasteiger partial charge in [0.25, 0.3) is 0 Å². The number of aryl methyl sites for hydroxylation is 1. The topological polar surface area (TPSA) is 62.2 Å². The Morgan fingerprint density at radius 2 is 2.04 bits per heavy atom. The van der Waals surface area contributed by atoms with E-state index in [0.29, 0.717) is 43.1 Å². The van der Waals surface area contributed by atoms with Crippen LogP contribution in [0, 0.1) is 6.92 Å². The third kappa shape index (κ3) is 6.08. The average Bonchev–Trinajstić information content (AvgIpc) is 2.90. The van der Waals surface area contributed by atoms with Gasteiger partial charge in [-0.15, -0.1) is 0 Å². The summed E-state index contributed by atoms with van der Waals surface area (Å²) in [6.45, 7) is 7.47. The number of halogens is 1. The molecule has 1 aromatic rings. The third-order valence-electron chi connectivity index (χ3n) is 5.60. The van der Waals surface area contributed by atoms with E-state index in [2.05, 4.69) is 4.90 Å². The Morgan fingerprint density at radius 3 is 2.82 bits per heavy atom. The number of carbonyl (C=O) groups is 1. The fraction of sp³-hybridized carbons (Fsp3) is 0.667. The molecule has 2 aliphatic heterocycles. The number of nitrogens with zero attached hydrogens (tertiary/aromatic N) is 2. The van der Waals surface area contributed by atoms with Crippen LogP contribution in [-0.2, 0) is 9.53 Å². The first-order valence-electron chi connectivity index (χ1n) is 10.1. The Labute approximate surface area is 172 Å². The van der Waals surface area contributed by atoms with Crippen LogP contribution in [0.25, 0.3) is 0 Å². The number of hydrogen-bond donors (Lipinski definition) is 1. The van der Waals surface area contributed by atoms with Crippen LogP contribution >= 0.6 is 11.6 Å². The van der Waals surface area contributed by atoms with Gasteiger partial charge in [0.15, 0.2) is 0 Å². The number of amides is 1. The summed E-state index contributed by atoms with van der Waals surface area (Å²) in [5.41, 5.74) is 0.121. The number of aliphatic hydroxyl groups is 1. The highest BCUT2D eigenvalue weighted by Gasteiger charge is 2.32. The molecule has 28 heavy (non-hydrogen) atoms. The minimum atomic E-state index is -0.938. The van der Waals surface area contributed by atoms with Crippen molar-refractivity contribution in [2.24, 2.45) is 0 Å². The van der Waals surface area contributed by atoms with Crippen molar-refractivity contribution in [2.75, 3.05) is 52.5 Å². The van der Waals surface area contributed by atoms with Crippen molar-refractivity contribution >= 4 is 17.5 Å². The molecule has 0 radical (unpaired) electrons. The monoisotopic (exact) mass is 410 g/mol. The number of ether oxygens (including phenoxy) is 2. The van der Waals surface area contributed by atoms with E-state index in [1.807, 2.05) is 24.0 Å². The Balaban J connectivity index is 1.47. The van der Waals surface area contributed by atoms with Gasteiger partial charge in [-0.25, -0.2) is 0 Å². The molecule has 0 aliphatic carbocycles. The van der Waals surface area contributed by atoms with Gasteiger partial charge < -0.3 is 19.5 Å². The molecule has 6 nitrogen and oxygen atoms in total. The summed E-state index contributed by atoms with van der Waals surface area (Å²) >= 11 is 6.18. The van der Waals surface area contributed by atoms with E-state index in [4.69, 9.17) is 21.1 Å². The Bertz CT molecular complexity index is 666. The van der Waals surface area contributed by atoms with Crippen molar-refractivity contribution in [1.29, 1.82) is 0 Å². The maximum atomic E-state index is 12.6. The highest BCUT2D eigenvalue weighted by molar-refractivity contribution is 6.32. The van der Waals surface area contributed by atoms with Gasteiger partial charge in [0.1, 0.15) is 18.0 Å². The van der Waals surface area contributed by atoms with E-state index in [1.54, 1.807) is 6.07 Å². The zero-order valence-electron chi connectivity index (χ0n) is 16.7. The van der Waals surface area contributed by atoms with Crippen LogP contribution in [0.5, 0.6) is 5.75 Å². The lowest BCUT2D eigenvalue weighted by molar-refractivity contribution is -0.132. The molecule has 1 amide bonds. The van der Waals surface area contributed by atoms with Gasteiger partial charge in [-0.1, -0.05) is 17.7 Å². The molecule has 2 saturated heterocycles. The van der Waals surface area contributed by atoms with Crippen LogP contribution < -0.4 is 4.74 Å². The van der Waals surface area contributed by atoms with Gasteiger partial charge in [0.05, 0.1) is 18.2 Å². The second kappa shape index (κ2) is 9.92. The fourth-order valence-electron chi connectivity index (χ4n) is 3.74. The molecular weight excluding hydrogens is 380 g/mol. The number of morpholine rings is 1. The summed E-state index contributed by atoms with van der Waals surface area (Å²) < 4.78 is 11.2. The Morgan fingerprint density at radius 1 is 1.25 bits per heavy atom. The molecule has 0 bridgehead atoms. The van der Waals surface area contributed by atoms with Crippen molar-refractivity contribution in [3.8, 4) is 5.75 Å². The van der Waals surface area contributed by atoms with Crippen molar-refractivity contribution in [3.05, 3.63) is 28.8 Å². The van der Waals surface area contributed by atoms with E-state index in [0.717, 1.165) is 44.8 Å². The van der Waals surface area contributed by atoms with Crippen LogP contribution in [0.2, 0.25) is 5.02 Å². The van der Waals surface area contributed by atoms with Gasteiger partial charge in [0, 0.05) is 39.1 Å². The molecule has 1 atom stereocenters. The number of likely N-dealkylation sites (tertiary alicyclic amines) is 1. The molecule has 7 heteroatoms. The second-order valence-electron chi connectivity index (χ2n) is 7.89. The zero-order valence-corrected chi connectivity index (χ0v) is 17.4. The molecule has 0 aromatic heterocycles. The van der Waals surface area contributed by atoms with Crippen molar-refractivity contribution in [2.45, 2.75) is 38.2 Å². The lowest BCUT2D eigenvalue weighted by Crippen LogP contribution is -2.41. The van der Waals surface area contributed by atoms with E-state index in [-0.39, 0.29) is 12.5 Å². The summed E-state index contributed by atoms with van der Waals surface area (Å²) in [7, 11) is 0. The molecule has 3 rings (SSSR count). The molecule has 2 fully saturated rings. The smallest absolute Gasteiger partial charge is 0.223 e. The van der Waals surface area contributed by atoms with Crippen molar-refractivity contribution < 1.29 is 19.4 Å². The molecule has 2 heterocycles. The van der Waals surface area contributed by atoms with Crippen LogP contribution in [0.1, 0.15) is 31.2 Å². The fourth-order valence-corrected chi connectivity index (χ4v) is 3.91. The van der Waals surface area contributed by atoms with Gasteiger partial charge in [-0.3, -0.25) is 9.69 Å². The first-order valence-corrected chi connectivity index (χ1v) is 10.5. The predicted molar refractivity (Wildman–Crippen MR) is 109 cm³/mol.